The number of rotatable bonds is 3. The van der Waals surface area contributed by atoms with Crippen LogP contribution in [0.5, 0.6) is 0 Å². The second-order valence-corrected chi connectivity index (χ2v) is 2.20. The van der Waals surface area contributed by atoms with Crippen molar-refractivity contribution in [2.45, 2.75) is 6.42 Å². The summed E-state index contributed by atoms with van der Waals surface area (Å²) in [5, 5.41) is 15.8. The van der Waals surface area contributed by atoms with Crippen LogP contribution >= 0.6 is 0 Å². The molecule has 0 fully saturated rings. The number of nitrogens with zero attached hydrogens (tertiary/aromatic N) is 1. The summed E-state index contributed by atoms with van der Waals surface area (Å²) in [6.45, 7) is -0.278. The molecule has 1 aromatic heterocycles. The average Bonchev–Trinajstić information content (AvgIpc) is 2.57. The number of carboxylic acids is 2. The van der Waals surface area contributed by atoms with Gasteiger partial charge in [-0.3, -0.25) is 9.59 Å². The maximum atomic E-state index is 10.0. The van der Waals surface area contributed by atoms with Crippen LogP contribution in [0.25, 0.3) is 0 Å². The van der Waals surface area contributed by atoms with E-state index in [9.17, 15) is 9.59 Å². The van der Waals surface area contributed by atoms with Crippen LogP contribution in [0.15, 0.2) is 12.4 Å². The summed E-state index contributed by atoms with van der Waals surface area (Å²) in [6, 6.07) is 0. The summed E-state index contributed by atoms with van der Waals surface area (Å²) in [5.41, 5.74) is 4.57. The molecule has 7 heteroatoms. The molecule has 0 saturated carbocycles. The average molecular weight is 201 g/mol. The fourth-order valence-corrected chi connectivity index (χ4v) is 0.538. The normalized spacial score (nSPS) is 8.64. The summed E-state index contributed by atoms with van der Waals surface area (Å²) in [6.07, 6.45) is 3.09. The van der Waals surface area contributed by atoms with Gasteiger partial charge in [-0.25, -0.2) is 4.98 Å². The Labute approximate surface area is 79.6 Å². The molecule has 0 atom stereocenters. The molecule has 78 valence electrons. The molecule has 0 aromatic carbocycles. The smallest absolute Gasteiger partial charge is 0.317 e. The number of imidazole rings is 1. The third-order valence-corrected chi connectivity index (χ3v) is 1.05. The second kappa shape index (κ2) is 6.61. The quantitative estimate of drug-likeness (QED) is 0.499. The number of hydrogen-bond donors (Lipinski definition) is 4. The Bertz CT molecular complexity index is 283. The van der Waals surface area contributed by atoms with Crippen molar-refractivity contribution in [3.8, 4) is 0 Å². The molecule has 0 radical (unpaired) electrons. The van der Waals surface area contributed by atoms with Gasteiger partial charge < -0.3 is 20.9 Å². The predicted octanol–water partition coefficient (Wildman–Crippen LogP) is -0.933. The summed E-state index contributed by atoms with van der Waals surface area (Å²) >= 11 is 0. The lowest BCUT2D eigenvalue weighted by atomic mass is 10.4. The Morgan fingerprint density at radius 3 is 2.29 bits per heavy atom. The van der Waals surface area contributed by atoms with E-state index in [2.05, 4.69) is 15.7 Å². The first-order valence-electron chi connectivity index (χ1n) is 3.68. The molecule has 0 aliphatic rings. The molecule has 0 spiro atoms. The molecule has 1 rings (SSSR count). The lowest BCUT2D eigenvalue weighted by Crippen LogP contribution is -2.10. The summed E-state index contributed by atoms with van der Waals surface area (Å²) in [7, 11) is 0. The van der Waals surface area contributed by atoms with Crippen molar-refractivity contribution in [3.05, 3.63) is 18.2 Å². The van der Waals surface area contributed by atoms with Crippen LogP contribution in [-0.4, -0.2) is 38.7 Å². The zero-order chi connectivity index (χ0) is 11.0. The number of nitrogens with one attached hydrogen (secondary N) is 1. The van der Waals surface area contributed by atoms with Gasteiger partial charge >= 0.3 is 11.9 Å². The minimum Gasteiger partial charge on any atom is -0.481 e. The molecular formula is C7H11N3O4. The number of aliphatic carboxylic acids is 2. The number of carbonyl (C=O) groups is 2. The van der Waals surface area contributed by atoms with E-state index >= 15 is 0 Å². The number of nitrogens with two attached hydrogens (primary N) is 1. The van der Waals surface area contributed by atoms with E-state index < -0.39 is 11.9 Å². The van der Waals surface area contributed by atoms with E-state index in [0.717, 1.165) is 0 Å². The topological polar surface area (TPSA) is 129 Å². The van der Waals surface area contributed by atoms with E-state index in [-0.39, 0.29) is 13.0 Å². The number of aromatic nitrogens is 2. The molecule has 14 heavy (non-hydrogen) atoms. The molecule has 0 aliphatic heterocycles. The zero-order valence-electron chi connectivity index (χ0n) is 7.30. The number of aromatic amines is 1. The van der Waals surface area contributed by atoms with Crippen LogP contribution in [0.1, 0.15) is 5.82 Å². The fourth-order valence-electron chi connectivity index (χ4n) is 0.538. The van der Waals surface area contributed by atoms with Crippen LogP contribution in [0.2, 0.25) is 0 Å². The molecular weight excluding hydrogens is 190 g/mol. The predicted molar refractivity (Wildman–Crippen MR) is 46.6 cm³/mol. The second-order valence-electron chi connectivity index (χ2n) is 2.20. The Morgan fingerprint density at radius 2 is 2.00 bits per heavy atom. The largest absolute Gasteiger partial charge is 0.481 e. The molecule has 0 saturated heterocycles. The number of H-pyrrole nitrogens is 1. The Kier molecular flexibility index (Phi) is 5.72. The fraction of sp³-hybridized carbons (Fsp3) is 0.286. The Hall–Kier alpha value is -1.89. The van der Waals surface area contributed by atoms with Gasteiger partial charge in [0, 0.05) is 12.4 Å². The van der Waals surface area contributed by atoms with Crippen LogP contribution < -0.4 is 5.73 Å². The van der Waals surface area contributed by atoms with Crippen LogP contribution in [0.3, 0.4) is 0 Å². The monoisotopic (exact) mass is 201 g/mol. The molecule has 7 nitrogen and oxygen atoms in total. The third kappa shape index (κ3) is 6.80. The third-order valence-electron chi connectivity index (χ3n) is 1.05. The number of hydrogen-bond acceptors (Lipinski definition) is 4. The van der Waals surface area contributed by atoms with E-state index in [0.29, 0.717) is 5.82 Å². The molecule has 5 N–H and O–H groups in total. The first-order chi connectivity index (χ1) is 6.56. The van der Waals surface area contributed by atoms with Crippen LogP contribution in [0.4, 0.5) is 0 Å². The standard InChI is InChI=1S/C5H6N2O2.C2H5NO2/c8-5(9)3-4-6-1-2-7-4;3-1-2(4)5/h1-2H,3H2,(H,6,7)(H,8,9);1,3H2,(H,4,5). The van der Waals surface area contributed by atoms with E-state index in [1.165, 1.54) is 6.20 Å². The minimum atomic E-state index is -0.968. The molecule has 0 unspecified atom stereocenters. The SMILES string of the molecule is NCC(=O)O.O=C(O)Cc1ncc[nH]1. The zero-order valence-corrected chi connectivity index (χ0v) is 7.30. The Morgan fingerprint density at radius 1 is 1.43 bits per heavy atom. The van der Waals surface area contributed by atoms with Crippen molar-refractivity contribution in [1.29, 1.82) is 0 Å². The molecule has 1 aromatic rings. The summed E-state index contributed by atoms with van der Waals surface area (Å²) < 4.78 is 0. The van der Waals surface area contributed by atoms with Crippen LogP contribution in [-0.2, 0) is 16.0 Å². The van der Waals surface area contributed by atoms with Crippen molar-refractivity contribution in [2.75, 3.05) is 6.54 Å². The highest BCUT2D eigenvalue weighted by Gasteiger charge is 1.99. The molecule has 0 bridgehead atoms. The van der Waals surface area contributed by atoms with Gasteiger partial charge in [-0.1, -0.05) is 0 Å². The molecule has 0 amide bonds. The van der Waals surface area contributed by atoms with Gasteiger partial charge in [-0.05, 0) is 0 Å². The van der Waals surface area contributed by atoms with E-state index in [4.69, 9.17) is 10.2 Å². The highest BCUT2D eigenvalue weighted by Crippen LogP contribution is 1.88. The van der Waals surface area contributed by atoms with Gasteiger partial charge in [0.15, 0.2) is 0 Å². The molecule has 0 aliphatic carbocycles. The maximum absolute atomic E-state index is 10.0. The Balaban J connectivity index is 0.000000292. The summed E-state index contributed by atoms with van der Waals surface area (Å²) in [5.74, 6) is -1.35. The van der Waals surface area contributed by atoms with Crippen LogP contribution in [0, 0.1) is 0 Å². The van der Waals surface area contributed by atoms with Gasteiger partial charge in [-0.2, -0.15) is 0 Å². The van der Waals surface area contributed by atoms with Crippen molar-refractivity contribution in [1.82, 2.24) is 9.97 Å². The van der Waals surface area contributed by atoms with Gasteiger partial charge in [0.05, 0.1) is 6.54 Å². The van der Waals surface area contributed by atoms with Crippen molar-refractivity contribution in [3.63, 3.8) is 0 Å². The van der Waals surface area contributed by atoms with Gasteiger partial charge in [0.1, 0.15) is 12.2 Å². The van der Waals surface area contributed by atoms with Gasteiger partial charge in [0.2, 0.25) is 0 Å². The van der Waals surface area contributed by atoms with E-state index in [1.54, 1.807) is 6.20 Å². The lowest BCUT2D eigenvalue weighted by molar-refractivity contribution is -0.137. The van der Waals surface area contributed by atoms with Crippen molar-refractivity contribution in [2.24, 2.45) is 5.73 Å². The van der Waals surface area contributed by atoms with Crippen molar-refractivity contribution < 1.29 is 19.8 Å². The number of carboxylic acid groups (broad SMARTS) is 2. The highest BCUT2D eigenvalue weighted by atomic mass is 16.4. The maximum Gasteiger partial charge on any atom is 0.317 e. The van der Waals surface area contributed by atoms with Gasteiger partial charge in [0.25, 0.3) is 0 Å². The first kappa shape index (κ1) is 12.1. The first-order valence-corrected chi connectivity index (χ1v) is 3.68. The molecule has 1 heterocycles. The minimum absolute atomic E-state index is 0.0347. The lowest BCUT2D eigenvalue weighted by Gasteiger charge is -1.85. The van der Waals surface area contributed by atoms with E-state index in [1.807, 2.05) is 0 Å². The highest BCUT2D eigenvalue weighted by molar-refractivity contribution is 5.69. The summed E-state index contributed by atoms with van der Waals surface area (Å²) in [4.78, 5) is 25.6. The van der Waals surface area contributed by atoms with Crippen molar-refractivity contribution >= 4 is 11.9 Å². The van der Waals surface area contributed by atoms with Gasteiger partial charge in [-0.15, -0.1) is 0 Å².